The third-order valence-electron chi connectivity index (χ3n) is 3.59. The summed E-state index contributed by atoms with van der Waals surface area (Å²) in [7, 11) is 0. The minimum atomic E-state index is 0.657. The minimum absolute atomic E-state index is 0.657. The van der Waals surface area contributed by atoms with Gasteiger partial charge >= 0.3 is 0 Å². The fraction of sp³-hybridized carbons (Fsp3) is 0.353. The molecule has 1 aromatic carbocycles. The Bertz CT molecular complexity index is 653. The average Bonchev–Trinajstić information content (AvgIpc) is 3.21. The molecule has 1 aliphatic carbocycles. The molecule has 0 unspecified atom stereocenters. The van der Waals surface area contributed by atoms with Crippen LogP contribution in [0.25, 0.3) is 0 Å². The van der Waals surface area contributed by atoms with Crippen LogP contribution < -0.4 is 10.1 Å². The van der Waals surface area contributed by atoms with Crippen LogP contribution in [0.5, 0.6) is 11.6 Å². The molecular formula is C17H19ClN2O. The Labute approximate surface area is 130 Å². The van der Waals surface area contributed by atoms with Crippen molar-refractivity contribution in [1.82, 2.24) is 10.3 Å². The van der Waals surface area contributed by atoms with E-state index in [1.54, 1.807) is 6.07 Å². The van der Waals surface area contributed by atoms with Crippen molar-refractivity contribution < 1.29 is 4.74 Å². The van der Waals surface area contributed by atoms with E-state index < -0.39 is 0 Å². The lowest BCUT2D eigenvalue weighted by Crippen LogP contribution is -2.17. The predicted octanol–water partition coefficient (Wildman–Crippen LogP) is 4.40. The first-order valence-electron chi connectivity index (χ1n) is 7.26. The van der Waals surface area contributed by atoms with Gasteiger partial charge in [-0.3, -0.25) is 0 Å². The van der Waals surface area contributed by atoms with E-state index in [4.69, 9.17) is 16.3 Å². The zero-order valence-electron chi connectivity index (χ0n) is 12.3. The number of hydrogen-bond acceptors (Lipinski definition) is 3. The molecule has 0 bridgehead atoms. The Morgan fingerprint density at radius 3 is 2.81 bits per heavy atom. The Hall–Kier alpha value is -1.58. The molecule has 110 valence electrons. The Morgan fingerprint density at radius 1 is 1.29 bits per heavy atom. The Kier molecular flexibility index (Phi) is 4.13. The van der Waals surface area contributed by atoms with Gasteiger partial charge in [0.1, 0.15) is 5.75 Å². The summed E-state index contributed by atoms with van der Waals surface area (Å²) >= 11 is 6.01. The number of rotatable bonds is 5. The van der Waals surface area contributed by atoms with Crippen molar-refractivity contribution >= 4 is 11.6 Å². The highest BCUT2D eigenvalue weighted by Crippen LogP contribution is 2.29. The highest BCUT2D eigenvalue weighted by atomic mass is 35.5. The molecule has 21 heavy (non-hydrogen) atoms. The number of pyridine rings is 1. The molecule has 0 aliphatic heterocycles. The zero-order valence-corrected chi connectivity index (χ0v) is 13.1. The van der Waals surface area contributed by atoms with Crippen LogP contribution in [0.2, 0.25) is 5.02 Å². The third kappa shape index (κ3) is 3.74. The first kappa shape index (κ1) is 14.4. The summed E-state index contributed by atoms with van der Waals surface area (Å²) < 4.78 is 5.97. The number of halogens is 1. The second-order valence-electron chi connectivity index (χ2n) is 5.58. The molecule has 4 heteroatoms. The van der Waals surface area contributed by atoms with Gasteiger partial charge in [-0.25, -0.2) is 4.98 Å². The molecule has 1 aliphatic rings. The van der Waals surface area contributed by atoms with E-state index in [0.29, 0.717) is 22.7 Å². The molecular weight excluding hydrogens is 284 g/mol. The van der Waals surface area contributed by atoms with Gasteiger partial charge in [0.2, 0.25) is 5.88 Å². The van der Waals surface area contributed by atoms with E-state index in [2.05, 4.69) is 23.3 Å². The van der Waals surface area contributed by atoms with Crippen LogP contribution in [0.3, 0.4) is 0 Å². The highest BCUT2D eigenvalue weighted by Gasteiger charge is 2.21. The van der Waals surface area contributed by atoms with Crippen molar-refractivity contribution in [2.75, 3.05) is 0 Å². The maximum atomic E-state index is 6.01. The average molecular weight is 303 g/mol. The van der Waals surface area contributed by atoms with Gasteiger partial charge in [0.15, 0.2) is 0 Å². The van der Waals surface area contributed by atoms with Gasteiger partial charge in [-0.2, -0.15) is 0 Å². The third-order valence-corrected chi connectivity index (χ3v) is 3.83. The van der Waals surface area contributed by atoms with Gasteiger partial charge < -0.3 is 10.1 Å². The molecule has 0 spiro atoms. The molecule has 2 aromatic rings. The summed E-state index contributed by atoms with van der Waals surface area (Å²) in [6.45, 7) is 4.87. The lowest BCUT2D eigenvalue weighted by atomic mass is 10.1. The minimum Gasteiger partial charge on any atom is -0.439 e. The standard InChI is InChI=1S/C17H19ClN2O/c1-11-8-12(2)20-17(16(11)10-19-14-6-7-14)21-15-5-3-4-13(18)9-15/h3-5,8-9,14,19H,6-7,10H2,1-2H3. The van der Waals surface area contributed by atoms with Gasteiger partial charge in [0.05, 0.1) is 0 Å². The summed E-state index contributed by atoms with van der Waals surface area (Å²) in [5.74, 6) is 1.38. The van der Waals surface area contributed by atoms with Gasteiger partial charge in [-0.05, 0) is 56.5 Å². The van der Waals surface area contributed by atoms with Gasteiger partial charge in [-0.1, -0.05) is 17.7 Å². The molecule has 0 amide bonds. The first-order chi connectivity index (χ1) is 10.1. The molecule has 0 saturated heterocycles. The number of nitrogens with one attached hydrogen (secondary N) is 1. The predicted molar refractivity (Wildman–Crippen MR) is 85.1 cm³/mol. The molecule has 0 atom stereocenters. The molecule has 1 heterocycles. The zero-order chi connectivity index (χ0) is 14.8. The molecule has 1 N–H and O–H groups in total. The van der Waals surface area contributed by atoms with Crippen LogP contribution >= 0.6 is 11.6 Å². The molecule has 1 saturated carbocycles. The topological polar surface area (TPSA) is 34.1 Å². The lowest BCUT2D eigenvalue weighted by Gasteiger charge is -2.14. The van der Waals surface area contributed by atoms with E-state index in [1.807, 2.05) is 25.1 Å². The highest BCUT2D eigenvalue weighted by molar-refractivity contribution is 6.30. The lowest BCUT2D eigenvalue weighted by molar-refractivity contribution is 0.450. The van der Waals surface area contributed by atoms with Crippen LogP contribution in [0, 0.1) is 13.8 Å². The summed E-state index contributed by atoms with van der Waals surface area (Å²) in [4.78, 5) is 4.55. The van der Waals surface area contributed by atoms with E-state index in [0.717, 1.165) is 17.8 Å². The summed E-state index contributed by atoms with van der Waals surface area (Å²) in [6.07, 6.45) is 2.53. The van der Waals surface area contributed by atoms with E-state index >= 15 is 0 Å². The van der Waals surface area contributed by atoms with Crippen molar-refractivity contribution in [2.45, 2.75) is 39.3 Å². The number of ether oxygens (including phenoxy) is 1. The van der Waals surface area contributed by atoms with Crippen LogP contribution in [0.1, 0.15) is 29.7 Å². The van der Waals surface area contributed by atoms with Crippen LogP contribution in [0.15, 0.2) is 30.3 Å². The Morgan fingerprint density at radius 2 is 2.10 bits per heavy atom. The molecule has 1 aromatic heterocycles. The summed E-state index contributed by atoms with van der Waals surface area (Å²) in [5.41, 5.74) is 3.28. The van der Waals surface area contributed by atoms with Crippen molar-refractivity contribution in [3.8, 4) is 11.6 Å². The van der Waals surface area contributed by atoms with Crippen LogP contribution in [-0.4, -0.2) is 11.0 Å². The fourth-order valence-electron chi connectivity index (χ4n) is 2.30. The second kappa shape index (κ2) is 6.04. The van der Waals surface area contributed by atoms with Crippen LogP contribution in [-0.2, 0) is 6.54 Å². The van der Waals surface area contributed by atoms with E-state index in [-0.39, 0.29) is 0 Å². The number of hydrogen-bond donors (Lipinski definition) is 1. The van der Waals surface area contributed by atoms with E-state index in [9.17, 15) is 0 Å². The Balaban J connectivity index is 1.87. The maximum Gasteiger partial charge on any atom is 0.224 e. The van der Waals surface area contributed by atoms with Crippen molar-refractivity contribution in [3.63, 3.8) is 0 Å². The molecule has 1 fully saturated rings. The SMILES string of the molecule is Cc1cc(C)c(CNC2CC2)c(Oc2cccc(Cl)c2)n1. The van der Waals surface area contributed by atoms with Gasteiger partial charge in [-0.15, -0.1) is 0 Å². The van der Waals surface area contributed by atoms with Crippen LogP contribution in [0.4, 0.5) is 0 Å². The number of nitrogens with zero attached hydrogens (tertiary/aromatic N) is 1. The fourth-order valence-corrected chi connectivity index (χ4v) is 2.48. The van der Waals surface area contributed by atoms with Crippen molar-refractivity contribution in [2.24, 2.45) is 0 Å². The number of aromatic nitrogens is 1. The second-order valence-corrected chi connectivity index (χ2v) is 6.02. The normalized spacial score (nSPS) is 14.2. The molecule has 0 radical (unpaired) electrons. The van der Waals surface area contributed by atoms with Crippen molar-refractivity contribution in [3.05, 3.63) is 52.2 Å². The first-order valence-corrected chi connectivity index (χ1v) is 7.63. The maximum absolute atomic E-state index is 6.01. The monoisotopic (exact) mass is 302 g/mol. The molecule has 3 nitrogen and oxygen atoms in total. The quantitative estimate of drug-likeness (QED) is 0.889. The number of aryl methyl sites for hydroxylation is 2. The van der Waals surface area contributed by atoms with Crippen molar-refractivity contribution in [1.29, 1.82) is 0 Å². The van der Waals surface area contributed by atoms with Gasteiger partial charge in [0.25, 0.3) is 0 Å². The largest absolute Gasteiger partial charge is 0.439 e. The smallest absolute Gasteiger partial charge is 0.224 e. The van der Waals surface area contributed by atoms with Gasteiger partial charge in [0, 0.05) is 28.9 Å². The number of benzene rings is 1. The summed E-state index contributed by atoms with van der Waals surface area (Å²) in [5, 5.41) is 4.19. The van der Waals surface area contributed by atoms with E-state index in [1.165, 1.54) is 18.4 Å². The summed E-state index contributed by atoms with van der Waals surface area (Å²) in [6, 6.07) is 10.2. The molecule has 3 rings (SSSR count).